The summed E-state index contributed by atoms with van der Waals surface area (Å²) in [5, 5.41) is 8.82. The smallest absolute Gasteiger partial charge is 0.0718 e. The molecule has 0 aliphatic rings. The van der Waals surface area contributed by atoms with Crippen LogP contribution in [0, 0.1) is 0 Å². The van der Waals surface area contributed by atoms with Crippen molar-refractivity contribution in [3.63, 3.8) is 0 Å². The molecule has 2 unspecified atom stereocenters. The number of aliphatic hydroxyl groups is 1. The van der Waals surface area contributed by atoms with Crippen molar-refractivity contribution in [1.29, 1.82) is 0 Å². The van der Waals surface area contributed by atoms with Gasteiger partial charge in [0, 0.05) is 7.11 Å². The third-order valence-electron chi connectivity index (χ3n) is 5.95. The van der Waals surface area contributed by atoms with Gasteiger partial charge in [0.1, 0.15) is 0 Å². The SMILES string of the molecule is CCC(C)c1ccc(CO)cc1.CCC(C)c1ccc(COCCOCCOCCOC)cc1. The molecule has 0 saturated heterocycles. The first-order valence-corrected chi connectivity index (χ1v) is 12.6. The van der Waals surface area contributed by atoms with E-state index in [1.807, 2.05) is 12.1 Å². The van der Waals surface area contributed by atoms with E-state index >= 15 is 0 Å². The lowest BCUT2D eigenvalue weighted by Crippen LogP contribution is -2.11. The molecule has 0 heterocycles. The second-order valence-electron chi connectivity index (χ2n) is 8.53. The van der Waals surface area contributed by atoms with Crippen molar-refractivity contribution in [3.8, 4) is 0 Å². The van der Waals surface area contributed by atoms with Crippen LogP contribution in [0.15, 0.2) is 48.5 Å². The summed E-state index contributed by atoms with van der Waals surface area (Å²) in [6, 6.07) is 16.8. The summed E-state index contributed by atoms with van der Waals surface area (Å²) in [6.45, 7) is 13.3. The van der Waals surface area contributed by atoms with E-state index in [0.717, 1.165) is 5.56 Å². The number of methoxy groups -OCH3 is 1. The highest BCUT2D eigenvalue weighted by atomic mass is 16.6. The summed E-state index contributed by atoms with van der Waals surface area (Å²) in [5.74, 6) is 1.24. The molecule has 0 aliphatic heterocycles. The number of rotatable bonds is 16. The summed E-state index contributed by atoms with van der Waals surface area (Å²) >= 11 is 0. The van der Waals surface area contributed by atoms with E-state index in [2.05, 4.69) is 64.1 Å². The average Bonchev–Trinajstić information content (AvgIpc) is 2.89. The predicted octanol–water partition coefficient (Wildman–Crippen LogP) is 6.09. The van der Waals surface area contributed by atoms with Crippen LogP contribution >= 0.6 is 0 Å². The molecule has 5 heteroatoms. The van der Waals surface area contributed by atoms with Gasteiger partial charge in [-0.05, 0) is 46.9 Å². The van der Waals surface area contributed by atoms with Crippen LogP contribution in [0.2, 0.25) is 0 Å². The van der Waals surface area contributed by atoms with Crippen molar-refractivity contribution in [2.24, 2.45) is 0 Å². The van der Waals surface area contributed by atoms with Crippen molar-refractivity contribution in [3.05, 3.63) is 70.8 Å². The lowest BCUT2D eigenvalue weighted by Gasteiger charge is -2.10. The molecule has 0 aromatic heterocycles. The molecule has 2 aromatic carbocycles. The van der Waals surface area contributed by atoms with Gasteiger partial charge in [-0.3, -0.25) is 0 Å². The Morgan fingerprint density at radius 1 is 0.618 bits per heavy atom. The van der Waals surface area contributed by atoms with E-state index in [9.17, 15) is 0 Å². The van der Waals surface area contributed by atoms with Gasteiger partial charge in [0.2, 0.25) is 0 Å². The maximum Gasteiger partial charge on any atom is 0.0718 e. The van der Waals surface area contributed by atoms with Gasteiger partial charge in [-0.25, -0.2) is 0 Å². The standard InChI is InChI=1S/C18H30O4.C11H16O/c1-4-16(2)18-7-5-17(6-8-18)15-22-14-13-21-12-11-20-10-9-19-3;1-3-9(2)11-6-4-10(8-12)5-7-11/h5-8,16H,4,9-15H2,1-3H3;4-7,9,12H,3,8H2,1-2H3. The van der Waals surface area contributed by atoms with Crippen molar-refractivity contribution < 1.29 is 24.1 Å². The highest BCUT2D eigenvalue weighted by molar-refractivity contribution is 5.25. The molecule has 0 amide bonds. The zero-order valence-electron chi connectivity index (χ0n) is 21.9. The van der Waals surface area contributed by atoms with Crippen LogP contribution < -0.4 is 0 Å². The molecule has 2 rings (SSSR count). The van der Waals surface area contributed by atoms with Crippen molar-refractivity contribution in [1.82, 2.24) is 0 Å². The minimum absolute atomic E-state index is 0.140. The van der Waals surface area contributed by atoms with Crippen LogP contribution in [0.1, 0.15) is 74.6 Å². The van der Waals surface area contributed by atoms with Gasteiger partial charge in [-0.1, -0.05) is 76.2 Å². The van der Waals surface area contributed by atoms with Gasteiger partial charge in [0.05, 0.1) is 52.9 Å². The number of ether oxygens (including phenoxy) is 4. The zero-order valence-corrected chi connectivity index (χ0v) is 21.9. The maximum atomic E-state index is 8.82. The largest absolute Gasteiger partial charge is 0.392 e. The fraction of sp³-hybridized carbons (Fsp3) is 0.586. The summed E-state index contributed by atoms with van der Waals surface area (Å²) in [6.07, 6.45) is 2.33. The Labute approximate surface area is 207 Å². The molecule has 34 heavy (non-hydrogen) atoms. The Hall–Kier alpha value is -1.76. The van der Waals surface area contributed by atoms with Gasteiger partial charge in [0.15, 0.2) is 0 Å². The fourth-order valence-electron chi connectivity index (χ4n) is 3.14. The van der Waals surface area contributed by atoms with Crippen LogP contribution in [0.25, 0.3) is 0 Å². The van der Waals surface area contributed by atoms with E-state index in [1.54, 1.807) is 7.11 Å². The topological polar surface area (TPSA) is 57.2 Å². The number of hydrogen-bond donors (Lipinski definition) is 1. The molecule has 5 nitrogen and oxygen atoms in total. The lowest BCUT2D eigenvalue weighted by atomic mass is 9.98. The molecule has 0 radical (unpaired) electrons. The molecule has 1 N–H and O–H groups in total. The molecule has 0 spiro atoms. The van der Waals surface area contributed by atoms with Crippen LogP contribution in [0.5, 0.6) is 0 Å². The fourth-order valence-corrected chi connectivity index (χ4v) is 3.14. The van der Waals surface area contributed by atoms with E-state index in [-0.39, 0.29) is 6.61 Å². The Kier molecular flexibility index (Phi) is 17.4. The van der Waals surface area contributed by atoms with Crippen LogP contribution in [-0.2, 0) is 32.2 Å². The van der Waals surface area contributed by atoms with Crippen molar-refractivity contribution in [2.45, 2.75) is 65.6 Å². The van der Waals surface area contributed by atoms with Crippen molar-refractivity contribution >= 4 is 0 Å². The van der Waals surface area contributed by atoms with Gasteiger partial charge in [-0.15, -0.1) is 0 Å². The summed E-state index contributed by atoms with van der Waals surface area (Å²) in [4.78, 5) is 0. The van der Waals surface area contributed by atoms with Crippen LogP contribution in [-0.4, -0.2) is 51.9 Å². The first kappa shape index (κ1) is 30.3. The normalized spacial score (nSPS) is 12.6. The highest BCUT2D eigenvalue weighted by Gasteiger charge is 2.03. The minimum Gasteiger partial charge on any atom is -0.392 e. The Bertz CT molecular complexity index is 714. The van der Waals surface area contributed by atoms with Gasteiger partial charge < -0.3 is 24.1 Å². The predicted molar refractivity (Wildman–Crippen MR) is 139 cm³/mol. The van der Waals surface area contributed by atoms with Crippen molar-refractivity contribution in [2.75, 3.05) is 46.8 Å². The molecule has 0 bridgehead atoms. The summed E-state index contributed by atoms with van der Waals surface area (Å²) < 4.78 is 21.2. The Morgan fingerprint density at radius 2 is 1.03 bits per heavy atom. The van der Waals surface area contributed by atoms with Gasteiger partial charge >= 0.3 is 0 Å². The Balaban J connectivity index is 0.000000404. The van der Waals surface area contributed by atoms with E-state index in [1.165, 1.54) is 29.5 Å². The second-order valence-corrected chi connectivity index (χ2v) is 8.53. The molecule has 2 aromatic rings. The highest BCUT2D eigenvalue weighted by Crippen LogP contribution is 2.19. The third-order valence-corrected chi connectivity index (χ3v) is 5.95. The van der Waals surface area contributed by atoms with E-state index < -0.39 is 0 Å². The molecule has 192 valence electrons. The molecular formula is C29H46O5. The molecule has 0 fully saturated rings. The number of hydrogen-bond acceptors (Lipinski definition) is 5. The first-order chi connectivity index (χ1) is 16.5. The number of aliphatic hydroxyl groups excluding tert-OH is 1. The van der Waals surface area contributed by atoms with Crippen LogP contribution in [0.4, 0.5) is 0 Å². The second kappa shape index (κ2) is 19.5. The summed E-state index contributed by atoms with van der Waals surface area (Å²) in [7, 11) is 1.66. The zero-order chi connectivity index (χ0) is 25.0. The number of benzene rings is 2. The average molecular weight is 475 g/mol. The third kappa shape index (κ3) is 13.2. The van der Waals surface area contributed by atoms with E-state index in [0.29, 0.717) is 58.1 Å². The Morgan fingerprint density at radius 3 is 1.44 bits per heavy atom. The molecule has 0 saturated carbocycles. The molecule has 2 atom stereocenters. The van der Waals surface area contributed by atoms with E-state index in [4.69, 9.17) is 24.1 Å². The monoisotopic (exact) mass is 474 g/mol. The quantitative estimate of drug-likeness (QED) is 0.298. The maximum absolute atomic E-state index is 8.82. The van der Waals surface area contributed by atoms with Gasteiger partial charge in [-0.2, -0.15) is 0 Å². The lowest BCUT2D eigenvalue weighted by molar-refractivity contribution is 0.000867. The summed E-state index contributed by atoms with van der Waals surface area (Å²) in [5.41, 5.74) is 4.94. The first-order valence-electron chi connectivity index (χ1n) is 12.6. The molecular weight excluding hydrogens is 428 g/mol. The molecule has 0 aliphatic carbocycles. The van der Waals surface area contributed by atoms with Crippen LogP contribution in [0.3, 0.4) is 0 Å². The minimum atomic E-state index is 0.140. The van der Waals surface area contributed by atoms with Gasteiger partial charge in [0.25, 0.3) is 0 Å².